The van der Waals surface area contributed by atoms with Crippen LogP contribution in [0.3, 0.4) is 0 Å². The van der Waals surface area contributed by atoms with E-state index in [1.54, 1.807) is 24.3 Å². The topological polar surface area (TPSA) is 71.1 Å². The van der Waals surface area contributed by atoms with Gasteiger partial charge in [0, 0.05) is 18.1 Å². The summed E-state index contributed by atoms with van der Waals surface area (Å²) in [5.41, 5.74) is 0.618. The summed E-state index contributed by atoms with van der Waals surface area (Å²) < 4.78 is 0. The average molecular weight is 324 g/mol. The van der Waals surface area contributed by atoms with Crippen molar-refractivity contribution in [1.82, 2.24) is 4.98 Å². The number of benzene rings is 1. The van der Waals surface area contributed by atoms with Gasteiger partial charge in [-0.25, -0.2) is 4.98 Å². The van der Waals surface area contributed by atoms with Crippen molar-refractivity contribution < 1.29 is 9.59 Å². The minimum atomic E-state index is -0.434. The van der Waals surface area contributed by atoms with Crippen LogP contribution >= 0.6 is 23.2 Å². The quantitative estimate of drug-likeness (QED) is 0.906. The summed E-state index contributed by atoms with van der Waals surface area (Å²) in [5.74, 6) is -0.370. The molecule has 0 bridgehead atoms. The van der Waals surface area contributed by atoms with E-state index < -0.39 is 5.91 Å². The number of hydrogen-bond acceptors (Lipinski definition) is 3. The molecule has 7 heteroatoms. The molecule has 0 aliphatic heterocycles. The fourth-order valence-corrected chi connectivity index (χ4v) is 1.92. The number of amides is 2. The maximum atomic E-state index is 12.3. The lowest BCUT2D eigenvalue weighted by molar-refractivity contribution is -0.114. The van der Waals surface area contributed by atoms with Gasteiger partial charge in [0.15, 0.2) is 0 Å². The molecule has 1 aromatic heterocycles. The molecule has 1 heterocycles. The van der Waals surface area contributed by atoms with Gasteiger partial charge in [-0.3, -0.25) is 9.59 Å². The highest BCUT2D eigenvalue weighted by molar-refractivity contribution is 6.31. The molecule has 0 aliphatic carbocycles. The van der Waals surface area contributed by atoms with E-state index in [2.05, 4.69) is 15.6 Å². The van der Waals surface area contributed by atoms with Gasteiger partial charge in [-0.1, -0.05) is 23.2 Å². The van der Waals surface area contributed by atoms with E-state index in [9.17, 15) is 9.59 Å². The van der Waals surface area contributed by atoms with Crippen molar-refractivity contribution in [3.63, 3.8) is 0 Å². The molecule has 0 spiro atoms. The molecule has 2 rings (SSSR count). The first kappa shape index (κ1) is 15.3. The van der Waals surface area contributed by atoms with Crippen molar-refractivity contribution in [2.75, 3.05) is 10.6 Å². The lowest BCUT2D eigenvalue weighted by Gasteiger charge is -2.10. The minimum Gasteiger partial charge on any atom is -0.326 e. The van der Waals surface area contributed by atoms with Crippen LogP contribution in [0.5, 0.6) is 0 Å². The number of nitrogens with zero attached hydrogens (tertiary/aromatic N) is 1. The predicted octanol–water partition coefficient (Wildman–Crippen LogP) is 3.60. The fourth-order valence-electron chi connectivity index (χ4n) is 1.64. The van der Waals surface area contributed by atoms with Crippen molar-refractivity contribution in [3.8, 4) is 0 Å². The number of hydrogen-bond donors (Lipinski definition) is 2. The van der Waals surface area contributed by atoms with Crippen LogP contribution in [0.1, 0.15) is 17.3 Å². The average Bonchev–Trinajstić information content (AvgIpc) is 2.43. The Morgan fingerprint density at radius 1 is 1.05 bits per heavy atom. The van der Waals surface area contributed by atoms with Crippen LogP contribution in [0.2, 0.25) is 10.0 Å². The van der Waals surface area contributed by atoms with Crippen LogP contribution in [-0.2, 0) is 4.79 Å². The minimum absolute atomic E-state index is 0.245. The monoisotopic (exact) mass is 323 g/mol. The molecule has 0 radical (unpaired) electrons. The zero-order valence-electron chi connectivity index (χ0n) is 11.0. The van der Waals surface area contributed by atoms with Gasteiger partial charge in [-0.15, -0.1) is 0 Å². The standard InChI is InChI=1S/C14H11Cl2N3O2/c1-8(20)18-12-4-2-9(15)6-11(12)14(21)19-13-5-3-10(16)7-17-13/h2-7H,1H3,(H,18,20)(H,17,19,21). The van der Waals surface area contributed by atoms with Crippen LogP contribution in [0.25, 0.3) is 0 Å². The maximum absolute atomic E-state index is 12.3. The SMILES string of the molecule is CC(=O)Nc1ccc(Cl)cc1C(=O)Nc1ccc(Cl)cn1. The Hall–Kier alpha value is -2.11. The molecule has 0 unspecified atom stereocenters. The highest BCUT2D eigenvalue weighted by Gasteiger charge is 2.14. The first-order valence-electron chi connectivity index (χ1n) is 5.96. The number of rotatable bonds is 3. The van der Waals surface area contributed by atoms with Crippen molar-refractivity contribution >= 4 is 46.5 Å². The van der Waals surface area contributed by atoms with Crippen LogP contribution in [0, 0.1) is 0 Å². The van der Waals surface area contributed by atoms with Crippen molar-refractivity contribution in [3.05, 3.63) is 52.1 Å². The van der Waals surface area contributed by atoms with E-state index in [0.29, 0.717) is 21.6 Å². The molecular weight excluding hydrogens is 313 g/mol. The van der Waals surface area contributed by atoms with E-state index in [-0.39, 0.29) is 11.5 Å². The van der Waals surface area contributed by atoms with E-state index in [4.69, 9.17) is 23.2 Å². The first-order chi connectivity index (χ1) is 9.95. The van der Waals surface area contributed by atoms with Gasteiger partial charge in [-0.2, -0.15) is 0 Å². The first-order valence-corrected chi connectivity index (χ1v) is 6.71. The second-order valence-electron chi connectivity index (χ2n) is 4.19. The molecule has 0 atom stereocenters. The summed E-state index contributed by atoms with van der Waals surface area (Å²) >= 11 is 11.6. The smallest absolute Gasteiger partial charge is 0.258 e. The lowest BCUT2D eigenvalue weighted by Crippen LogP contribution is -2.17. The van der Waals surface area contributed by atoms with Gasteiger partial charge in [0.2, 0.25) is 5.91 Å². The molecule has 0 aliphatic rings. The van der Waals surface area contributed by atoms with E-state index in [0.717, 1.165) is 0 Å². The molecule has 108 valence electrons. The highest BCUT2D eigenvalue weighted by Crippen LogP contribution is 2.22. The number of pyridine rings is 1. The van der Waals surface area contributed by atoms with Crippen LogP contribution < -0.4 is 10.6 Å². The predicted molar refractivity (Wildman–Crippen MR) is 83.0 cm³/mol. The molecule has 2 N–H and O–H groups in total. The molecular formula is C14H11Cl2N3O2. The Morgan fingerprint density at radius 2 is 1.76 bits per heavy atom. The molecule has 2 aromatic rings. The molecule has 0 saturated heterocycles. The zero-order chi connectivity index (χ0) is 15.4. The van der Waals surface area contributed by atoms with Crippen molar-refractivity contribution in [2.45, 2.75) is 6.92 Å². The Morgan fingerprint density at radius 3 is 2.38 bits per heavy atom. The third-order valence-corrected chi connectivity index (χ3v) is 2.96. The molecule has 2 amide bonds. The summed E-state index contributed by atoms with van der Waals surface area (Å²) in [6.07, 6.45) is 1.42. The summed E-state index contributed by atoms with van der Waals surface area (Å²) in [7, 11) is 0. The lowest BCUT2D eigenvalue weighted by atomic mass is 10.1. The Bertz CT molecular complexity index is 687. The summed E-state index contributed by atoms with van der Waals surface area (Å²) in [4.78, 5) is 27.4. The number of anilines is 2. The van der Waals surface area contributed by atoms with Gasteiger partial charge in [0.25, 0.3) is 5.91 Å². The Kier molecular flexibility index (Phi) is 4.77. The van der Waals surface area contributed by atoms with Crippen molar-refractivity contribution in [1.29, 1.82) is 0 Å². The molecule has 0 fully saturated rings. The second-order valence-corrected chi connectivity index (χ2v) is 5.06. The summed E-state index contributed by atoms with van der Waals surface area (Å²) in [5, 5.41) is 6.04. The van der Waals surface area contributed by atoms with Gasteiger partial charge in [0.1, 0.15) is 5.82 Å². The third-order valence-electron chi connectivity index (χ3n) is 2.51. The summed E-state index contributed by atoms with van der Waals surface area (Å²) in [6.45, 7) is 1.36. The third kappa shape index (κ3) is 4.18. The van der Waals surface area contributed by atoms with E-state index in [1.807, 2.05) is 0 Å². The molecule has 1 aromatic carbocycles. The van der Waals surface area contributed by atoms with E-state index in [1.165, 1.54) is 19.2 Å². The molecule has 0 saturated carbocycles. The van der Waals surface area contributed by atoms with Crippen LogP contribution in [0.4, 0.5) is 11.5 Å². The van der Waals surface area contributed by atoms with Crippen LogP contribution in [-0.4, -0.2) is 16.8 Å². The number of carbonyl (C=O) groups is 2. The molecule has 5 nitrogen and oxygen atoms in total. The van der Waals surface area contributed by atoms with Crippen molar-refractivity contribution in [2.24, 2.45) is 0 Å². The highest BCUT2D eigenvalue weighted by atomic mass is 35.5. The molecule has 21 heavy (non-hydrogen) atoms. The number of aromatic nitrogens is 1. The Balaban J connectivity index is 2.27. The number of halogens is 2. The van der Waals surface area contributed by atoms with Gasteiger partial charge in [0.05, 0.1) is 16.3 Å². The normalized spacial score (nSPS) is 10.0. The van der Waals surface area contributed by atoms with Gasteiger partial charge in [-0.05, 0) is 30.3 Å². The number of carbonyl (C=O) groups excluding carboxylic acids is 2. The Labute approximate surface area is 131 Å². The van der Waals surface area contributed by atoms with Gasteiger partial charge >= 0.3 is 0 Å². The summed E-state index contributed by atoms with van der Waals surface area (Å²) in [6, 6.07) is 7.80. The van der Waals surface area contributed by atoms with E-state index >= 15 is 0 Å². The van der Waals surface area contributed by atoms with Gasteiger partial charge < -0.3 is 10.6 Å². The second kappa shape index (κ2) is 6.56. The fraction of sp³-hybridized carbons (Fsp3) is 0.0714. The largest absolute Gasteiger partial charge is 0.326 e. The zero-order valence-corrected chi connectivity index (χ0v) is 12.5. The van der Waals surface area contributed by atoms with Crippen LogP contribution in [0.15, 0.2) is 36.5 Å². The number of nitrogens with one attached hydrogen (secondary N) is 2. The maximum Gasteiger partial charge on any atom is 0.258 e.